The molecule has 0 saturated heterocycles. The van der Waals surface area contributed by atoms with Crippen LogP contribution in [0, 0.1) is 6.92 Å². The number of benzene rings is 1. The van der Waals surface area contributed by atoms with Gasteiger partial charge in [0.25, 0.3) is 0 Å². The standard InChI is InChI=1S/C12H9BrClNS/c1-8-6-9(2-4-11(8)13)15-7-10-3-5-12(14)16-10/h2-7H,1H3. The zero-order chi connectivity index (χ0) is 11.5. The maximum Gasteiger partial charge on any atom is 0.0935 e. The monoisotopic (exact) mass is 313 g/mol. The van der Waals surface area contributed by atoms with Crippen molar-refractivity contribution in [3.8, 4) is 0 Å². The second-order valence-electron chi connectivity index (χ2n) is 3.33. The fourth-order valence-corrected chi connectivity index (χ4v) is 2.42. The van der Waals surface area contributed by atoms with Gasteiger partial charge in [-0.15, -0.1) is 11.3 Å². The van der Waals surface area contributed by atoms with Gasteiger partial charge in [0.05, 0.1) is 10.0 Å². The molecule has 0 N–H and O–H groups in total. The first-order valence-corrected chi connectivity index (χ1v) is 6.69. The van der Waals surface area contributed by atoms with Crippen molar-refractivity contribution in [1.82, 2.24) is 0 Å². The van der Waals surface area contributed by atoms with Gasteiger partial charge in [0, 0.05) is 15.6 Å². The highest BCUT2D eigenvalue weighted by Gasteiger charge is 1.96. The molecule has 0 radical (unpaired) electrons. The van der Waals surface area contributed by atoms with Gasteiger partial charge in [-0.05, 0) is 42.8 Å². The molecule has 0 spiro atoms. The molecule has 1 nitrogen and oxygen atoms in total. The normalized spacial score (nSPS) is 11.2. The lowest BCUT2D eigenvalue weighted by Gasteiger charge is -1.98. The topological polar surface area (TPSA) is 12.4 Å². The minimum absolute atomic E-state index is 0.786. The Labute approximate surface area is 112 Å². The van der Waals surface area contributed by atoms with Gasteiger partial charge in [-0.1, -0.05) is 27.5 Å². The molecule has 0 saturated carbocycles. The number of halogens is 2. The highest BCUT2D eigenvalue weighted by atomic mass is 79.9. The highest BCUT2D eigenvalue weighted by molar-refractivity contribution is 9.10. The SMILES string of the molecule is Cc1cc(N=Cc2ccc(Cl)s2)ccc1Br. The molecule has 82 valence electrons. The van der Waals surface area contributed by atoms with E-state index in [4.69, 9.17) is 11.6 Å². The van der Waals surface area contributed by atoms with E-state index in [2.05, 4.69) is 20.9 Å². The molecule has 2 rings (SSSR count). The van der Waals surface area contributed by atoms with Crippen molar-refractivity contribution >= 4 is 50.8 Å². The predicted molar refractivity (Wildman–Crippen MR) is 75.5 cm³/mol. The van der Waals surface area contributed by atoms with Crippen LogP contribution in [0.25, 0.3) is 0 Å². The molecule has 0 aliphatic heterocycles. The summed E-state index contributed by atoms with van der Waals surface area (Å²) < 4.78 is 1.89. The average molecular weight is 315 g/mol. The Morgan fingerprint density at radius 3 is 2.75 bits per heavy atom. The Balaban J connectivity index is 2.20. The van der Waals surface area contributed by atoms with Crippen molar-refractivity contribution in [2.45, 2.75) is 6.92 Å². The number of aryl methyl sites for hydroxylation is 1. The van der Waals surface area contributed by atoms with E-state index in [0.717, 1.165) is 19.4 Å². The van der Waals surface area contributed by atoms with Crippen LogP contribution < -0.4 is 0 Å². The Bertz CT molecular complexity index is 534. The second kappa shape index (κ2) is 5.13. The first-order chi connectivity index (χ1) is 7.65. The molecule has 1 heterocycles. The van der Waals surface area contributed by atoms with Crippen LogP contribution in [0.3, 0.4) is 0 Å². The van der Waals surface area contributed by atoms with Gasteiger partial charge in [-0.3, -0.25) is 4.99 Å². The minimum atomic E-state index is 0.786. The summed E-state index contributed by atoms with van der Waals surface area (Å²) in [6, 6.07) is 9.85. The fraction of sp³-hybridized carbons (Fsp3) is 0.0833. The number of hydrogen-bond acceptors (Lipinski definition) is 2. The molecular weight excluding hydrogens is 306 g/mol. The van der Waals surface area contributed by atoms with Gasteiger partial charge in [0.2, 0.25) is 0 Å². The molecule has 0 unspecified atom stereocenters. The third-order valence-corrected chi connectivity index (χ3v) is 4.13. The summed E-state index contributed by atoms with van der Waals surface area (Å²) >= 11 is 10.8. The van der Waals surface area contributed by atoms with Gasteiger partial charge >= 0.3 is 0 Å². The zero-order valence-corrected chi connectivity index (χ0v) is 11.7. The number of aliphatic imine (C=N–C) groups is 1. The summed E-state index contributed by atoms with van der Waals surface area (Å²) in [5.41, 5.74) is 2.13. The summed E-state index contributed by atoms with van der Waals surface area (Å²) in [5, 5.41) is 0. The maximum absolute atomic E-state index is 5.84. The maximum atomic E-state index is 5.84. The van der Waals surface area contributed by atoms with E-state index in [9.17, 15) is 0 Å². The Morgan fingerprint density at radius 1 is 1.31 bits per heavy atom. The Morgan fingerprint density at radius 2 is 2.12 bits per heavy atom. The number of hydrogen-bond donors (Lipinski definition) is 0. The van der Waals surface area contributed by atoms with Crippen molar-refractivity contribution in [2.75, 3.05) is 0 Å². The van der Waals surface area contributed by atoms with E-state index in [-0.39, 0.29) is 0 Å². The minimum Gasteiger partial charge on any atom is -0.255 e. The van der Waals surface area contributed by atoms with Crippen LogP contribution in [0.5, 0.6) is 0 Å². The molecule has 0 fully saturated rings. The first-order valence-electron chi connectivity index (χ1n) is 4.71. The zero-order valence-electron chi connectivity index (χ0n) is 8.58. The molecule has 0 aliphatic carbocycles. The van der Waals surface area contributed by atoms with E-state index in [1.807, 2.05) is 43.5 Å². The highest BCUT2D eigenvalue weighted by Crippen LogP contribution is 2.23. The van der Waals surface area contributed by atoms with Gasteiger partial charge in [0.15, 0.2) is 0 Å². The largest absolute Gasteiger partial charge is 0.255 e. The van der Waals surface area contributed by atoms with Crippen LogP contribution in [0.15, 0.2) is 39.8 Å². The number of thiophene rings is 1. The van der Waals surface area contributed by atoms with Crippen molar-refractivity contribution in [1.29, 1.82) is 0 Å². The van der Waals surface area contributed by atoms with Crippen LogP contribution in [-0.4, -0.2) is 6.21 Å². The van der Waals surface area contributed by atoms with Crippen LogP contribution in [0.2, 0.25) is 4.34 Å². The lowest BCUT2D eigenvalue weighted by molar-refractivity contribution is 1.40. The summed E-state index contributed by atoms with van der Waals surface area (Å²) in [5.74, 6) is 0. The van der Waals surface area contributed by atoms with E-state index in [1.54, 1.807) is 0 Å². The molecule has 1 aromatic carbocycles. The lowest BCUT2D eigenvalue weighted by atomic mass is 10.2. The van der Waals surface area contributed by atoms with Gasteiger partial charge in [-0.25, -0.2) is 0 Å². The van der Waals surface area contributed by atoms with Gasteiger partial charge in [-0.2, -0.15) is 0 Å². The first kappa shape index (κ1) is 11.8. The Hall–Kier alpha value is -0.640. The number of rotatable bonds is 2. The molecule has 0 atom stereocenters. The molecule has 0 bridgehead atoms. The molecule has 0 amide bonds. The van der Waals surface area contributed by atoms with E-state index in [1.165, 1.54) is 16.9 Å². The summed E-state index contributed by atoms with van der Waals surface area (Å²) in [4.78, 5) is 5.46. The predicted octanol–water partition coefficient (Wildman–Crippen LogP) is 5.22. The van der Waals surface area contributed by atoms with Gasteiger partial charge in [0.1, 0.15) is 0 Å². The molecule has 0 aliphatic rings. The summed E-state index contributed by atoms with van der Waals surface area (Å²) in [6.07, 6.45) is 1.83. The molecule has 4 heteroatoms. The van der Waals surface area contributed by atoms with Crippen molar-refractivity contribution < 1.29 is 0 Å². The van der Waals surface area contributed by atoms with E-state index < -0.39 is 0 Å². The van der Waals surface area contributed by atoms with Crippen LogP contribution in [0.4, 0.5) is 5.69 Å². The third kappa shape index (κ3) is 2.94. The van der Waals surface area contributed by atoms with Crippen molar-refractivity contribution in [3.63, 3.8) is 0 Å². The van der Waals surface area contributed by atoms with Crippen LogP contribution >= 0.6 is 38.9 Å². The van der Waals surface area contributed by atoms with Crippen molar-refractivity contribution in [2.24, 2.45) is 4.99 Å². The second-order valence-corrected chi connectivity index (χ2v) is 5.93. The quantitative estimate of drug-likeness (QED) is 0.674. The summed E-state index contributed by atoms with van der Waals surface area (Å²) in [7, 11) is 0. The van der Waals surface area contributed by atoms with E-state index >= 15 is 0 Å². The third-order valence-electron chi connectivity index (χ3n) is 2.08. The van der Waals surface area contributed by atoms with Crippen LogP contribution in [0.1, 0.15) is 10.4 Å². The van der Waals surface area contributed by atoms with Crippen molar-refractivity contribution in [3.05, 3.63) is 49.6 Å². The fourth-order valence-electron chi connectivity index (χ4n) is 1.24. The molecule has 1 aromatic heterocycles. The van der Waals surface area contributed by atoms with E-state index in [0.29, 0.717) is 0 Å². The van der Waals surface area contributed by atoms with Gasteiger partial charge < -0.3 is 0 Å². The molecule has 16 heavy (non-hydrogen) atoms. The molecule has 2 aromatic rings. The average Bonchev–Trinajstić information content (AvgIpc) is 2.66. The summed E-state index contributed by atoms with van der Waals surface area (Å²) in [6.45, 7) is 2.05. The smallest absolute Gasteiger partial charge is 0.0935 e. The van der Waals surface area contributed by atoms with Crippen LogP contribution in [-0.2, 0) is 0 Å². The number of nitrogens with zero attached hydrogens (tertiary/aromatic N) is 1. The Kier molecular flexibility index (Phi) is 3.79. The lowest BCUT2D eigenvalue weighted by Crippen LogP contribution is -1.76. The molecular formula is C12H9BrClNS.